The lowest BCUT2D eigenvalue weighted by Gasteiger charge is -2.08. The molecule has 0 bridgehead atoms. The summed E-state index contributed by atoms with van der Waals surface area (Å²) < 4.78 is 26.6. The third-order valence-corrected chi connectivity index (χ3v) is 4.55. The Labute approximate surface area is 126 Å². The maximum absolute atomic E-state index is 12.0. The van der Waals surface area contributed by atoms with Crippen LogP contribution < -0.4 is 10.5 Å². The second kappa shape index (κ2) is 7.36. The molecule has 2 aromatic rings. The van der Waals surface area contributed by atoms with Crippen LogP contribution in [0, 0.1) is 0 Å². The second-order valence-electron chi connectivity index (χ2n) is 4.90. The fourth-order valence-corrected chi connectivity index (χ4v) is 3.06. The largest absolute Gasteiger partial charge is 0.326 e. The molecule has 0 aliphatic rings. The van der Waals surface area contributed by atoms with Crippen LogP contribution in [0.3, 0.4) is 0 Å². The third kappa shape index (κ3) is 5.30. The first kappa shape index (κ1) is 15.7. The zero-order valence-corrected chi connectivity index (χ0v) is 12.6. The van der Waals surface area contributed by atoms with Crippen molar-refractivity contribution in [2.24, 2.45) is 5.73 Å². The summed E-state index contributed by atoms with van der Waals surface area (Å²) in [5.41, 5.74) is 8.51. The topological polar surface area (TPSA) is 72.2 Å². The monoisotopic (exact) mass is 304 g/mol. The van der Waals surface area contributed by atoms with Crippen LogP contribution in [0.4, 0.5) is 0 Å². The Hall–Kier alpha value is -1.69. The molecule has 21 heavy (non-hydrogen) atoms. The molecule has 3 N–H and O–H groups in total. The van der Waals surface area contributed by atoms with Crippen molar-refractivity contribution in [1.29, 1.82) is 0 Å². The molecule has 0 aliphatic heterocycles. The van der Waals surface area contributed by atoms with Gasteiger partial charge in [-0.1, -0.05) is 54.6 Å². The Morgan fingerprint density at radius 1 is 0.905 bits per heavy atom. The number of aryl methyl sites for hydroxylation is 1. The van der Waals surface area contributed by atoms with E-state index in [4.69, 9.17) is 5.73 Å². The minimum Gasteiger partial charge on any atom is -0.326 e. The molecule has 0 aliphatic carbocycles. The Morgan fingerprint density at radius 3 is 2.29 bits per heavy atom. The Kier molecular flexibility index (Phi) is 5.50. The number of hydrogen-bond acceptors (Lipinski definition) is 3. The van der Waals surface area contributed by atoms with E-state index in [1.54, 1.807) is 0 Å². The number of sulfonamides is 1. The minimum absolute atomic E-state index is 0.0909. The van der Waals surface area contributed by atoms with E-state index >= 15 is 0 Å². The number of nitrogens with one attached hydrogen (secondary N) is 1. The van der Waals surface area contributed by atoms with Gasteiger partial charge in [-0.15, -0.1) is 0 Å². The quantitative estimate of drug-likeness (QED) is 0.819. The van der Waals surface area contributed by atoms with E-state index in [0.717, 1.165) is 16.7 Å². The lowest BCUT2D eigenvalue weighted by atomic mass is 10.1. The van der Waals surface area contributed by atoms with Crippen LogP contribution in [0.2, 0.25) is 0 Å². The first-order valence-electron chi connectivity index (χ1n) is 6.88. The molecule has 0 saturated heterocycles. The number of hydrogen-bond donors (Lipinski definition) is 2. The predicted molar refractivity (Wildman–Crippen MR) is 85.1 cm³/mol. The standard InChI is InChI=1S/C16H20N2O2S/c17-12-15-7-4-8-16(11-15)13-18-21(19,20)10-9-14-5-2-1-3-6-14/h1-8,11,18H,9-10,12-13,17H2. The van der Waals surface area contributed by atoms with Gasteiger partial charge in [-0.2, -0.15) is 0 Å². The number of nitrogens with two attached hydrogens (primary N) is 1. The summed E-state index contributed by atoms with van der Waals surface area (Å²) in [4.78, 5) is 0. The number of rotatable bonds is 7. The van der Waals surface area contributed by atoms with Crippen LogP contribution in [-0.2, 0) is 29.5 Å². The van der Waals surface area contributed by atoms with Gasteiger partial charge in [0.15, 0.2) is 0 Å². The maximum Gasteiger partial charge on any atom is 0.212 e. The molecule has 0 atom stereocenters. The molecule has 4 nitrogen and oxygen atoms in total. The molecule has 2 rings (SSSR count). The van der Waals surface area contributed by atoms with Gasteiger partial charge >= 0.3 is 0 Å². The highest BCUT2D eigenvalue weighted by Crippen LogP contribution is 2.06. The average Bonchev–Trinajstić information content (AvgIpc) is 2.52. The molecule has 0 spiro atoms. The fourth-order valence-electron chi connectivity index (χ4n) is 2.03. The summed E-state index contributed by atoms with van der Waals surface area (Å²) in [7, 11) is -3.28. The van der Waals surface area contributed by atoms with Crippen molar-refractivity contribution in [3.05, 3.63) is 71.3 Å². The minimum atomic E-state index is -3.28. The first-order chi connectivity index (χ1) is 10.1. The van der Waals surface area contributed by atoms with Gasteiger partial charge in [0.1, 0.15) is 0 Å². The molecule has 0 heterocycles. The summed E-state index contributed by atoms with van der Waals surface area (Å²) in [6.07, 6.45) is 0.513. The molecule has 0 fully saturated rings. The van der Waals surface area contributed by atoms with Gasteiger partial charge in [-0.3, -0.25) is 0 Å². The molecule has 0 aromatic heterocycles. The van der Waals surface area contributed by atoms with Gasteiger partial charge in [-0.25, -0.2) is 13.1 Å². The second-order valence-corrected chi connectivity index (χ2v) is 6.83. The summed E-state index contributed by atoms with van der Waals surface area (Å²) in [5, 5.41) is 0. The summed E-state index contributed by atoms with van der Waals surface area (Å²) in [6, 6.07) is 17.2. The molecule has 0 unspecified atom stereocenters. The van der Waals surface area contributed by atoms with Crippen LogP contribution in [0.25, 0.3) is 0 Å². The van der Waals surface area contributed by atoms with E-state index in [9.17, 15) is 8.42 Å². The molecular formula is C16H20N2O2S. The van der Waals surface area contributed by atoms with Crippen LogP contribution in [0.1, 0.15) is 16.7 Å². The zero-order valence-electron chi connectivity index (χ0n) is 11.8. The van der Waals surface area contributed by atoms with Crippen LogP contribution in [0.5, 0.6) is 0 Å². The van der Waals surface area contributed by atoms with Crippen molar-refractivity contribution in [1.82, 2.24) is 4.72 Å². The summed E-state index contributed by atoms with van der Waals surface area (Å²) in [5.74, 6) is 0.0909. The van der Waals surface area contributed by atoms with Crippen molar-refractivity contribution in [3.63, 3.8) is 0 Å². The Bertz CT molecular complexity index is 670. The molecule has 0 amide bonds. The molecule has 2 aromatic carbocycles. The van der Waals surface area contributed by atoms with Crippen LogP contribution >= 0.6 is 0 Å². The van der Waals surface area contributed by atoms with Gasteiger partial charge in [-0.05, 0) is 23.1 Å². The van der Waals surface area contributed by atoms with E-state index in [-0.39, 0.29) is 5.75 Å². The molecule has 112 valence electrons. The maximum atomic E-state index is 12.0. The van der Waals surface area contributed by atoms with Crippen molar-refractivity contribution >= 4 is 10.0 Å². The molecule has 0 saturated carbocycles. The van der Waals surface area contributed by atoms with Crippen molar-refractivity contribution in [2.75, 3.05) is 5.75 Å². The molecule has 5 heteroatoms. The SMILES string of the molecule is NCc1cccc(CNS(=O)(=O)CCc2ccccc2)c1. The first-order valence-corrected chi connectivity index (χ1v) is 8.53. The highest BCUT2D eigenvalue weighted by atomic mass is 32.2. The van der Waals surface area contributed by atoms with Gasteiger partial charge in [0.25, 0.3) is 0 Å². The van der Waals surface area contributed by atoms with E-state index in [1.807, 2.05) is 54.6 Å². The van der Waals surface area contributed by atoms with E-state index in [0.29, 0.717) is 19.5 Å². The van der Waals surface area contributed by atoms with Gasteiger partial charge < -0.3 is 5.73 Å². The number of benzene rings is 2. The average molecular weight is 304 g/mol. The zero-order chi connectivity index (χ0) is 15.1. The summed E-state index contributed by atoms with van der Waals surface area (Å²) in [6.45, 7) is 0.750. The van der Waals surface area contributed by atoms with Crippen LogP contribution in [0.15, 0.2) is 54.6 Å². The Balaban J connectivity index is 1.89. The lowest BCUT2D eigenvalue weighted by Crippen LogP contribution is -2.26. The predicted octanol–water partition coefficient (Wildman–Crippen LogP) is 1.81. The summed E-state index contributed by atoms with van der Waals surface area (Å²) >= 11 is 0. The van der Waals surface area contributed by atoms with Crippen molar-refractivity contribution in [3.8, 4) is 0 Å². The molecule has 0 radical (unpaired) electrons. The van der Waals surface area contributed by atoms with Crippen molar-refractivity contribution < 1.29 is 8.42 Å². The third-order valence-electron chi connectivity index (χ3n) is 3.23. The normalized spacial score (nSPS) is 11.5. The Morgan fingerprint density at radius 2 is 1.57 bits per heavy atom. The smallest absolute Gasteiger partial charge is 0.212 e. The van der Waals surface area contributed by atoms with E-state index < -0.39 is 10.0 Å². The van der Waals surface area contributed by atoms with Gasteiger partial charge in [0.05, 0.1) is 5.75 Å². The van der Waals surface area contributed by atoms with E-state index in [2.05, 4.69) is 4.72 Å². The van der Waals surface area contributed by atoms with Gasteiger partial charge in [0.2, 0.25) is 10.0 Å². The van der Waals surface area contributed by atoms with E-state index in [1.165, 1.54) is 0 Å². The highest BCUT2D eigenvalue weighted by molar-refractivity contribution is 7.89. The molecular weight excluding hydrogens is 284 g/mol. The van der Waals surface area contributed by atoms with Crippen LogP contribution in [-0.4, -0.2) is 14.2 Å². The van der Waals surface area contributed by atoms with Gasteiger partial charge in [0, 0.05) is 13.1 Å². The lowest BCUT2D eigenvalue weighted by molar-refractivity contribution is 0.580. The van der Waals surface area contributed by atoms with Crippen molar-refractivity contribution in [2.45, 2.75) is 19.5 Å². The fraction of sp³-hybridized carbons (Fsp3) is 0.250. The highest BCUT2D eigenvalue weighted by Gasteiger charge is 2.10.